The van der Waals surface area contributed by atoms with Crippen LogP contribution in [0.1, 0.15) is 48.7 Å². The molecule has 0 fully saturated rings. The molecule has 1 atom stereocenters. The van der Waals surface area contributed by atoms with Crippen LogP contribution in [0.25, 0.3) is 0 Å². The maximum absolute atomic E-state index is 12.3. The van der Waals surface area contributed by atoms with E-state index < -0.39 is 10.0 Å². The third kappa shape index (κ3) is 4.46. The minimum atomic E-state index is -3.56. The normalized spacial score (nSPS) is 13.0. The summed E-state index contributed by atoms with van der Waals surface area (Å²) in [5.41, 5.74) is 0.383. The van der Waals surface area contributed by atoms with Crippen molar-refractivity contribution in [2.75, 3.05) is 0 Å². The molecule has 6 nitrogen and oxygen atoms in total. The average Bonchev–Trinajstić information content (AvgIpc) is 2.93. The Labute approximate surface area is 142 Å². The second-order valence-electron chi connectivity index (χ2n) is 5.94. The molecule has 1 amide bonds. The largest absolute Gasteiger partial charge is 0.464 e. The zero-order chi connectivity index (χ0) is 17.9. The van der Waals surface area contributed by atoms with Crippen molar-refractivity contribution in [1.82, 2.24) is 10.0 Å². The lowest BCUT2D eigenvalue weighted by molar-refractivity contribution is 0.0935. The summed E-state index contributed by atoms with van der Waals surface area (Å²) in [5.74, 6) is 1.15. The van der Waals surface area contributed by atoms with Gasteiger partial charge in [0.1, 0.15) is 11.5 Å². The molecule has 1 aromatic carbocycles. The summed E-state index contributed by atoms with van der Waals surface area (Å²) >= 11 is 0. The summed E-state index contributed by atoms with van der Waals surface area (Å²) in [6.45, 7) is 7.15. The fourth-order valence-electron chi connectivity index (χ4n) is 2.20. The fourth-order valence-corrected chi connectivity index (χ4v) is 3.45. The summed E-state index contributed by atoms with van der Waals surface area (Å²) in [4.78, 5) is 12.4. The molecule has 2 N–H and O–H groups in total. The van der Waals surface area contributed by atoms with Gasteiger partial charge in [-0.3, -0.25) is 4.79 Å². The fraction of sp³-hybridized carbons (Fsp3) is 0.353. The highest BCUT2D eigenvalue weighted by molar-refractivity contribution is 7.89. The molecule has 2 rings (SSSR count). The van der Waals surface area contributed by atoms with Crippen LogP contribution >= 0.6 is 0 Å². The highest BCUT2D eigenvalue weighted by Crippen LogP contribution is 2.17. The predicted molar refractivity (Wildman–Crippen MR) is 91.2 cm³/mol. The molecule has 0 aliphatic carbocycles. The number of benzene rings is 1. The Bertz CT molecular complexity index is 807. The van der Waals surface area contributed by atoms with Crippen molar-refractivity contribution in [3.63, 3.8) is 0 Å². The first-order valence-electron chi connectivity index (χ1n) is 7.68. The van der Waals surface area contributed by atoms with Crippen LogP contribution in [0.3, 0.4) is 0 Å². The van der Waals surface area contributed by atoms with Gasteiger partial charge in [0.25, 0.3) is 5.91 Å². The smallest absolute Gasteiger partial charge is 0.251 e. The molecule has 2 aromatic rings. The summed E-state index contributed by atoms with van der Waals surface area (Å²) in [6.07, 6.45) is 0. The monoisotopic (exact) mass is 350 g/mol. The molecule has 0 aliphatic rings. The van der Waals surface area contributed by atoms with Crippen molar-refractivity contribution in [3.8, 4) is 0 Å². The molecule has 0 saturated carbocycles. The van der Waals surface area contributed by atoms with E-state index in [0.29, 0.717) is 11.3 Å². The highest BCUT2D eigenvalue weighted by atomic mass is 32.2. The van der Waals surface area contributed by atoms with E-state index in [4.69, 9.17) is 4.42 Å². The molecule has 0 spiro atoms. The van der Waals surface area contributed by atoms with Crippen molar-refractivity contribution >= 4 is 15.9 Å². The summed E-state index contributed by atoms with van der Waals surface area (Å²) in [6, 6.07) is 8.98. The van der Waals surface area contributed by atoms with Gasteiger partial charge in [0.2, 0.25) is 10.0 Å². The van der Waals surface area contributed by atoms with Crippen LogP contribution in [-0.2, 0) is 10.0 Å². The third-order valence-corrected chi connectivity index (χ3v) is 5.03. The summed E-state index contributed by atoms with van der Waals surface area (Å²) in [5, 5.41) is 2.82. The predicted octanol–water partition coefficient (Wildman–Crippen LogP) is 2.77. The van der Waals surface area contributed by atoms with Crippen molar-refractivity contribution in [3.05, 3.63) is 53.5 Å². The van der Waals surface area contributed by atoms with Gasteiger partial charge in [-0.2, -0.15) is 0 Å². The molecular formula is C17H22N2O4S. The van der Waals surface area contributed by atoms with E-state index in [2.05, 4.69) is 10.0 Å². The van der Waals surface area contributed by atoms with Crippen LogP contribution < -0.4 is 10.0 Å². The van der Waals surface area contributed by atoms with Gasteiger partial charge in [-0.15, -0.1) is 0 Å². The summed E-state index contributed by atoms with van der Waals surface area (Å²) < 4.78 is 32.1. The quantitative estimate of drug-likeness (QED) is 0.838. The lowest BCUT2D eigenvalue weighted by atomic mass is 10.2. The average molecular weight is 350 g/mol. The van der Waals surface area contributed by atoms with Crippen LogP contribution in [0, 0.1) is 6.92 Å². The van der Waals surface area contributed by atoms with E-state index in [-0.39, 0.29) is 22.9 Å². The van der Waals surface area contributed by atoms with E-state index in [1.165, 1.54) is 24.3 Å². The number of hydrogen-bond acceptors (Lipinski definition) is 4. The zero-order valence-corrected chi connectivity index (χ0v) is 15.0. The molecule has 130 valence electrons. The Morgan fingerprint density at radius 1 is 1.04 bits per heavy atom. The number of aryl methyl sites for hydroxylation is 1. The van der Waals surface area contributed by atoms with E-state index in [9.17, 15) is 13.2 Å². The second kappa shape index (κ2) is 7.19. The minimum absolute atomic E-state index is 0.127. The van der Waals surface area contributed by atoms with Crippen LogP contribution in [-0.4, -0.2) is 20.4 Å². The van der Waals surface area contributed by atoms with E-state index in [1.54, 1.807) is 13.8 Å². The first-order chi connectivity index (χ1) is 11.2. The van der Waals surface area contributed by atoms with Crippen molar-refractivity contribution in [2.45, 2.75) is 44.7 Å². The van der Waals surface area contributed by atoms with Crippen LogP contribution in [0.5, 0.6) is 0 Å². The van der Waals surface area contributed by atoms with E-state index in [0.717, 1.165) is 5.76 Å². The molecular weight excluding hydrogens is 328 g/mol. The molecule has 0 saturated heterocycles. The number of hydrogen-bond donors (Lipinski definition) is 2. The standard InChI is InChI=1S/C17H22N2O4S/c1-11(2)19-24(21,22)15-8-6-14(7-9-15)17(20)18-13(4)16-10-5-12(3)23-16/h5-11,13,19H,1-4H3,(H,18,20). The number of nitrogens with one attached hydrogen (secondary N) is 2. The SMILES string of the molecule is Cc1ccc(C(C)NC(=O)c2ccc(S(=O)(=O)NC(C)C)cc2)o1. The first-order valence-corrected chi connectivity index (χ1v) is 9.17. The van der Waals surface area contributed by atoms with Crippen molar-refractivity contribution in [2.24, 2.45) is 0 Å². The lowest BCUT2D eigenvalue weighted by Gasteiger charge is -2.12. The Morgan fingerprint density at radius 2 is 1.67 bits per heavy atom. The Kier molecular flexibility index (Phi) is 5.46. The molecule has 1 heterocycles. The number of sulfonamides is 1. The number of carbonyl (C=O) groups is 1. The lowest BCUT2D eigenvalue weighted by Crippen LogP contribution is -2.30. The molecule has 0 aliphatic heterocycles. The van der Waals surface area contributed by atoms with Gasteiger partial charge in [-0.25, -0.2) is 13.1 Å². The molecule has 0 radical (unpaired) electrons. The number of furan rings is 1. The molecule has 1 unspecified atom stereocenters. The number of amides is 1. The third-order valence-electron chi connectivity index (χ3n) is 3.35. The van der Waals surface area contributed by atoms with Gasteiger partial charge in [0.15, 0.2) is 0 Å². The highest BCUT2D eigenvalue weighted by Gasteiger charge is 2.17. The van der Waals surface area contributed by atoms with Gasteiger partial charge in [0, 0.05) is 11.6 Å². The zero-order valence-electron chi connectivity index (χ0n) is 14.2. The maximum Gasteiger partial charge on any atom is 0.251 e. The molecule has 0 bridgehead atoms. The first kappa shape index (κ1) is 18.2. The van der Waals surface area contributed by atoms with Crippen LogP contribution in [0.2, 0.25) is 0 Å². The van der Waals surface area contributed by atoms with Gasteiger partial charge < -0.3 is 9.73 Å². The molecule has 1 aromatic heterocycles. The van der Waals surface area contributed by atoms with Crippen LogP contribution in [0.15, 0.2) is 45.7 Å². The number of carbonyl (C=O) groups excluding carboxylic acids is 1. The minimum Gasteiger partial charge on any atom is -0.464 e. The van der Waals surface area contributed by atoms with Crippen LogP contribution in [0.4, 0.5) is 0 Å². The van der Waals surface area contributed by atoms with E-state index >= 15 is 0 Å². The summed E-state index contributed by atoms with van der Waals surface area (Å²) in [7, 11) is -3.56. The van der Waals surface area contributed by atoms with Gasteiger partial charge in [0.05, 0.1) is 10.9 Å². The van der Waals surface area contributed by atoms with Gasteiger partial charge >= 0.3 is 0 Å². The molecule has 7 heteroatoms. The van der Waals surface area contributed by atoms with E-state index in [1.807, 2.05) is 26.0 Å². The maximum atomic E-state index is 12.3. The topological polar surface area (TPSA) is 88.4 Å². The number of rotatable bonds is 6. The Balaban J connectivity index is 2.08. The second-order valence-corrected chi connectivity index (χ2v) is 7.66. The van der Waals surface area contributed by atoms with Gasteiger partial charge in [-0.05, 0) is 64.1 Å². The van der Waals surface area contributed by atoms with Crippen molar-refractivity contribution < 1.29 is 17.6 Å². The van der Waals surface area contributed by atoms with Crippen molar-refractivity contribution in [1.29, 1.82) is 0 Å². The Hall–Kier alpha value is -2.12. The van der Waals surface area contributed by atoms with Gasteiger partial charge in [-0.1, -0.05) is 0 Å². The Morgan fingerprint density at radius 3 is 2.17 bits per heavy atom. The molecule has 24 heavy (non-hydrogen) atoms.